The highest BCUT2D eigenvalue weighted by atomic mass is 16.5. The lowest BCUT2D eigenvalue weighted by molar-refractivity contribution is -0.158. The van der Waals surface area contributed by atoms with Crippen molar-refractivity contribution in [1.82, 2.24) is 0 Å². The SMILES string of the molecule is CCOC(=O)C(C[C@@H]1C(C)=CC[C@H]2[C@@]1(C)CCC1C(C)(C)CCC[C@@]12C)C(C)=O. The summed E-state index contributed by atoms with van der Waals surface area (Å²) in [5.74, 6) is 0.646. The zero-order valence-corrected chi connectivity index (χ0v) is 19.8. The molecule has 0 saturated heterocycles. The average molecular weight is 403 g/mol. The molecule has 0 radical (unpaired) electrons. The molecule has 2 fully saturated rings. The van der Waals surface area contributed by atoms with Gasteiger partial charge in [-0.1, -0.05) is 45.8 Å². The molecule has 6 atom stereocenters. The fourth-order valence-electron chi connectivity index (χ4n) is 7.97. The summed E-state index contributed by atoms with van der Waals surface area (Å²) < 4.78 is 5.26. The predicted octanol–water partition coefficient (Wildman–Crippen LogP) is 6.36. The van der Waals surface area contributed by atoms with Crippen LogP contribution in [0.1, 0.15) is 93.4 Å². The molecule has 29 heavy (non-hydrogen) atoms. The fourth-order valence-corrected chi connectivity index (χ4v) is 7.97. The molecule has 0 bridgehead atoms. The second-order valence-electron chi connectivity index (χ2n) is 11.4. The first-order valence-electron chi connectivity index (χ1n) is 11.8. The van der Waals surface area contributed by atoms with Crippen LogP contribution in [0.2, 0.25) is 0 Å². The molecule has 0 aromatic heterocycles. The molecule has 3 aliphatic carbocycles. The maximum atomic E-state index is 12.5. The maximum Gasteiger partial charge on any atom is 0.316 e. The Morgan fingerprint density at radius 1 is 1.10 bits per heavy atom. The Balaban J connectivity index is 1.95. The molecule has 3 heteroatoms. The normalized spacial score (nSPS) is 39.6. The van der Waals surface area contributed by atoms with Crippen LogP contribution in [0, 0.1) is 39.9 Å². The summed E-state index contributed by atoms with van der Waals surface area (Å²) in [7, 11) is 0. The number of rotatable bonds is 5. The van der Waals surface area contributed by atoms with Gasteiger partial charge in [0.15, 0.2) is 0 Å². The molecule has 3 nitrogen and oxygen atoms in total. The van der Waals surface area contributed by atoms with Gasteiger partial charge in [-0.3, -0.25) is 9.59 Å². The second-order valence-corrected chi connectivity index (χ2v) is 11.4. The van der Waals surface area contributed by atoms with E-state index < -0.39 is 5.92 Å². The van der Waals surface area contributed by atoms with E-state index in [0.29, 0.717) is 29.8 Å². The van der Waals surface area contributed by atoms with E-state index in [4.69, 9.17) is 4.74 Å². The molecule has 0 heterocycles. The van der Waals surface area contributed by atoms with Crippen molar-refractivity contribution >= 4 is 11.8 Å². The lowest BCUT2D eigenvalue weighted by Gasteiger charge is -2.65. The second kappa shape index (κ2) is 7.85. The molecule has 2 unspecified atom stereocenters. The van der Waals surface area contributed by atoms with Crippen molar-refractivity contribution in [2.45, 2.75) is 93.4 Å². The zero-order valence-electron chi connectivity index (χ0n) is 19.8. The topological polar surface area (TPSA) is 43.4 Å². The molecular weight excluding hydrogens is 360 g/mol. The van der Waals surface area contributed by atoms with Gasteiger partial charge in [-0.2, -0.15) is 0 Å². The van der Waals surface area contributed by atoms with Crippen LogP contribution in [0.25, 0.3) is 0 Å². The fraction of sp³-hybridized carbons (Fsp3) is 0.846. The van der Waals surface area contributed by atoms with Crippen LogP contribution in [-0.4, -0.2) is 18.4 Å². The van der Waals surface area contributed by atoms with Gasteiger partial charge in [0.05, 0.1) is 6.61 Å². The number of carbonyl (C=O) groups excluding carboxylic acids is 2. The molecule has 0 N–H and O–H groups in total. The molecule has 0 aromatic carbocycles. The third-order valence-corrected chi connectivity index (χ3v) is 9.39. The Morgan fingerprint density at radius 3 is 2.41 bits per heavy atom. The van der Waals surface area contributed by atoms with E-state index in [1.54, 1.807) is 6.92 Å². The zero-order chi connectivity index (χ0) is 21.6. The van der Waals surface area contributed by atoms with E-state index in [1.807, 2.05) is 6.92 Å². The summed E-state index contributed by atoms with van der Waals surface area (Å²) in [4.78, 5) is 24.9. The third-order valence-electron chi connectivity index (χ3n) is 9.39. The lowest BCUT2D eigenvalue weighted by atomic mass is 9.39. The lowest BCUT2D eigenvalue weighted by Crippen LogP contribution is -2.58. The molecule has 2 saturated carbocycles. The van der Waals surface area contributed by atoms with Gasteiger partial charge < -0.3 is 4.74 Å². The van der Waals surface area contributed by atoms with Gasteiger partial charge in [0, 0.05) is 0 Å². The third kappa shape index (κ3) is 3.72. The van der Waals surface area contributed by atoms with E-state index >= 15 is 0 Å². The number of hydrogen-bond donors (Lipinski definition) is 0. The number of Topliss-reactive ketones (excluding diaryl/α,β-unsaturated/α-hetero) is 1. The number of hydrogen-bond acceptors (Lipinski definition) is 3. The van der Waals surface area contributed by atoms with Gasteiger partial charge in [0.25, 0.3) is 0 Å². The molecule has 164 valence electrons. The highest BCUT2D eigenvalue weighted by Gasteiger charge is 2.60. The van der Waals surface area contributed by atoms with Crippen LogP contribution >= 0.6 is 0 Å². The Morgan fingerprint density at radius 2 is 1.79 bits per heavy atom. The van der Waals surface area contributed by atoms with E-state index in [1.165, 1.54) is 37.7 Å². The molecule has 0 aromatic rings. The van der Waals surface area contributed by atoms with Crippen LogP contribution in [-0.2, 0) is 14.3 Å². The number of esters is 1. The van der Waals surface area contributed by atoms with Crippen LogP contribution in [0.5, 0.6) is 0 Å². The van der Waals surface area contributed by atoms with Crippen molar-refractivity contribution in [3.63, 3.8) is 0 Å². The Bertz CT molecular complexity index is 690. The van der Waals surface area contributed by atoms with Crippen molar-refractivity contribution in [1.29, 1.82) is 0 Å². The van der Waals surface area contributed by atoms with Gasteiger partial charge in [-0.25, -0.2) is 0 Å². The summed E-state index contributed by atoms with van der Waals surface area (Å²) in [6.07, 6.45) is 10.6. The summed E-state index contributed by atoms with van der Waals surface area (Å²) in [5, 5.41) is 0. The summed E-state index contributed by atoms with van der Waals surface area (Å²) in [6.45, 7) is 15.9. The summed E-state index contributed by atoms with van der Waals surface area (Å²) in [6, 6.07) is 0. The van der Waals surface area contributed by atoms with Crippen molar-refractivity contribution in [3.05, 3.63) is 11.6 Å². The van der Waals surface area contributed by atoms with Gasteiger partial charge in [0.2, 0.25) is 0 Å². The van der Waals surface area contributed by atoms with E-state index in [0.717, 1.165) is 12.3 Å². The molecule has 0 aliphatic heterocycles. The molecule has 3 rings (SSSR count). The molecular formula is C26H42O3. The highest BCUT2D eigenvalue weighted by Crippen LogP contribution is 2.68. The first-order valence-corrected chi connectivity index (χ1v) is 11.8. The van der Waals surface area contributed by atoms with E-state index in [9.17, 15) is 9.59 Å². The van der Waals surface area contributed by atoms with Crippen molar-refractivity contribution in [2.75, 3.05) is 6.61 Å². The molecule has 0 spiro atoms. The first-order chi connectivity index (χ1) is 13.5. The first kappa shape index (κ1) is 22.6. The number of ether oxygens (including phenoxy) is 1. The smallest absolute Gasteiger partial charge is 0.316 e. The van der Waals surface area contributed by atoms with Crippen LogP contribution in [0.15, 0.2) is 11.6 Å². The summed E-state index contributed by atoms with van der Waals surface area (Å²) in [5.41, 5.74) is 2.28. The predicted molar refractivity (Wildman–Crippen MR) is 117 cm³/mol. The minimum Gasteiger partial charge on any atom is -0.465 e. The number of allylic oxidation sites excluding steroid dienone is 2. The Hall–Kier alpha value is -1.12. The van der Waals surface area contributed by atoms with Crippen LogP contribution < -0.4 is 0 Å². The van der Waals surface area contributed by atoms with Gasteiger partial charge >= 0.3 is 5.97 Å². The van der Waals surface area contributed by atoms with Crippen LogP contribution in [0.3, 0.4) is 0 Å². The van der Waals surface area contributed by atoms with Gasteiger partial charge in [-0.15, -0.1) is 0 Å². The monoisotopic (exact) mass is 402 g/mol. The van der Waals surface area contributed by atoms with Crippen molar-refractivity contribution in [3.8, 4) is 0 Å². The Labute approximate surface area is 178 Å². The van der Waals surface area contributed by atoms with E-state index in [2.05, 4.69) is 40.7 Å². The quantitative estimate of drug-likeness (QED) is 0.305. The minimum atomic E-state index is -0.632. The number of carbonyl (C=O) groups is 2. The van der Waals surface area contributed by atoms with E-state index in [-0.39, 0.29) is 23.1 Å². The number of ketones is 1. The molecule has 3 aliphatic rings. The summed E-state index contributed by atoms with van der Waals surface area (Å²) >= 11 is 0. The standard InChI is InChI=1S/C26H42O3/c1-8-29-23(28)19(18(3)27)16-20-17(2)10-11-22-25(20,6)15-12-21-24(4,5)13-9-14-26(21,22)7/h10,19-22H,8-9,11-16H2,1-7H3/t19?,20-,21?,22+,25+,26+/m1/s1. The largest absolute Gasteiger partial charge is 0.465 e. The highest BCUT2D eigenvalue weighted by molar-refractivity contribution is 5.97. The van der Waals surface area contributed by atoms with Crippen molar-refractivity contribution in [2.24, 2.45) is 39.9 Å². The average Bonchev–Trinajstić information content (AvgIpc) is 2.59. The van der Waals surface area contributed by atoms with Crippen molar-refractivity contribution < 1.29 is 14.3 Å². The van der Waals surface area contributed by atoms with Gasteiger partial charge in [0.1, 0.15) is 11.7 Å². The van der Waals surface area contributed by atoms with Crippen LogP contribution in [0.4, 0.5) is 0 Å². The maximum absolute atomic E-state index is 12.5. The van der Waals surface area contributed by atoms with Gasteiger partial charge in [-0.05, 0) is 93.3 Å². The minimum absolute atomic E-state index is 0.0549. The Kier molecular flexibility index (Phi) is 6.11. The number of fused-ring (bicyclic) bond motifs is 3. The molecule has 0 amide bonds.